The fourth-order valence-electron chi connectivity index (χ4n) is 4.17. The van der Waals surface area contributed by atoms with Crippen molar-refractivity contribution in [2.75, 3.05) is 7.11 Å². The van der Waals surface area contributed by atoms with Crippen LogP contribution < -0.4 is 15.0 Å². The topological polar surface area (TPSA) is 116 Å². The Bertz CT molecular complexity index is 1370. The lowest BCUT2D eigenvalue weighted by atomic mass is 9.87. The first kappa shape index (κ1) is 23.9. The Morgan fingerprint density at radius 3 is 2.74 bits per heavy atom. The molecule has 1 saturated carbocycles. The summed E-state index contributed by atoms with van der Waals surface area (Å²) in [6, 6.07) is 10.4. The third-order valence-electron chi connectivity index (χ3n) is 6.08. The number of benzene rings is 1. The summed E-state index contributed by atoms with van der Waals surface area (Å²) in [5.41, 5.74) is 0.480. The number of fused-ring (bicyclic) bond motifs is 1. The summed E-state index contributed by atoms with van der Waals surface area (Å²) in [7, 11) is -2.55. The van der Waals surface area contributed by atoms with Gasteiger partial charge in [0.25, 0.3) is 5.56 Å². The first-order valence-corrected chi connectivity index (χ1v) is 12.6. The number of nitrogens with zero attached hydrogens (tertiary/aromatic N) is 2. The van der Waals surface area contributed by atoms with Gasteiger partial charge in [-0.3, -0.25) is 9.20 Å². The zero-order valence-electron chi connectivity index (χ0n) is 19.1. The van der Waals surface area contributed by atoms with E-state index >= 15 is 0 Å². The normalized spacial score (nSPS) is 18.5. The molecular weight excluding hydrogens is 458 g/mol. The molecule has 1 aliphatic carbocycles. The Balaban J connectivity index is 1.53. The molecular formula is C24H27N3O6S. The van der Waals surface area contributed by atoms with Crippen LogP contribution in [-0.2, 0) is 21.4 Å². The van der Waals surface area contributed by atoms with E-state index in [9.17, 15) is 18.0 Å². The maximum absolute atomic E-state index is 13.2. The summed E-state index contributed by atoms with van der Waals surface area (Å²) in [6.45, 7) is 1.80. The Kier molecular flexibility index (Phi) is 6.99. The second-order valence-electron chi connectivity index (χ2n) is 8.45. The van der Waals surface area contributed by atoms with Crippen LogP contribution >= 0.6 is 0 Å². The van der Waals surface area contributed by atoms with Gasteiger partial charge in [0.1, 0.15) is 22.9 Å². The number of hydrogen-bond acceptors (Lipinski definition) is 7. The lowest BCUT2D eigenvalue weighted by Gasteiger charge is -2.29. The summed E-state index contributed by atoms with van der Waals surface area (Å²) in [5.74, 6) is -0.377. The molecule has 2 aromatic heterocycles. The highest BCUT2D eigenvalue weighted by molar-refractivity contribution is 7.89. The van der Waals surface area contributed by atoms with Crippen LogP contribution in [0, 0.1) is 5.92 Å². The molecule has 180 valence electrons. The van der Waals surface area contributed by atoms with Gasteiger partial charge in [0.15, 0.2) is 0 Å². The maximum Gasteiger partial charge on any atom is 0.338 e. The summed E-state index contributed by atoms with van der Waals surface area (Å²) in [4.78, 5) is 29.1. The SMILES string of the molecule is COc1ccc(C(=O)OCc2cc(=O)n3ccccc3n2)cc1S(=O)(=O)N[C@H]1CCCC[C@H]1C. The summed E-state index contributed by atoms with van der Waals surface area (Å²) in [5, 5.41) is 0. The first-order chi connectivity index (χ1) is 16.3. The van der Waals surface area contributed by atoms with Gasteiger partial charge < -0.3 is 9.47 Å². The van der Waals surface area contributed by atoms with E-state index in [-0.39, 0.29) is 40.3 Å². The highest BCUT2D eigenvalue weighted by Crippen LogP contribution is 2.29. The molecule has 0 spiro atoms. The van der Waals surface area contributed by atoms with Gasteiger partial charge in [0, 0.05) is 18.3 Å². The van der Waals surface area contributed by atoms with Crippen LogP contribution in [0.25, 0.3) is 5.65 Å². The molecule has 34 heavy (non-hydrogen) atoms. The summed E-state index contributed by atoms with van der Waals surface area (Å²) < 4.78 is 41.0. The van der Waals surface area contributed by atoms with Crippen molar-refractivity contribution in [3.8, 4) is 5.75 Å². The molecule has 0 radical (unpaired) electrons. The third-order valence-corrected chi connectivity index (χ3v) is 7.59. The second kappa shape index (κ2) is 9.94. The fraction of sp³-hybridized carbons (Fsp3) is 0.375. The van der Waals surface area contributed by atoms with Crippen molar-refractivity contribution in [2.45, 2.75) is 50.2 Å². The lowest BCUT2D eigenvalue weighted by Crippen LogP contribution is -2.41. The van der Waals surface area contributed by atoms with Gasteiger partial charge in [-0.05, 0) is 49.1 Å². The van der Waals surface area contributed by atoms with Crippen molar-refractivity contribution in [3.63, 3.8) is 0 Å². The molecule has 0 amide bonds. The minimum Gasteiger partial charge on any atom is -0.495 e. The first-order valence-electron chi connectivity index (χ1n) is 11.1. The maximum atomic E-state index is 13.2. The molecule has 1 aromatic carbocycles. The van der Waals surface area contributed by atoms with Crippen LogP contribution in [0.4, 0.5) is 0 Å². The largest absolute Gasteiger partial charge is 0.495 e. The van der Waals surface area contributed by atoms with Crippen molar-refractivity contribution >= 4 is 21.6 Å². The fourth-order valence-corrected chi connectivity index (χ4v) is 5.74. The molecule has 3 aromatic rings. The highest BCUT2D eigenvalue weighted by Gasteiger charge is 2.29. The summed E-state index contributed by atoms with van der Waals surface area (Å²) >= 11 is 0. The van der Waals surface area contributed by atoms with Crippen molar-refractivity contribution in [1.29, 1.82) is 0 Å². The van der Waals surface area contributed by atoms with Gasteiger partial charge in [0.2, 0.25) is 10.0 Å². The van der Waals surface area contributed by atoms with Gasteiger partial charge in [-0.15, -0.1) is 0 Å². The van der Waals surface area contributed by atoms with E-state index in [0.29, 0.717) is 11.3 Å². The third kappa shape index (κ3) is 5.13. The number of methoxy groups -OCH3 is 1. The Labute approximate surface area is 197 Å². The van der Waals surface area contributed by atoms with E-state index in [4.69, 9.17) is 9.47 Å². The predicted molar refractivity (Wildman–Crippen MR) is 125 cm³/mol. The molecule has 1 N–H and O–H groups in total. The smallest absolute Gasteiger partial charge is 0.338 e. The average molecular weight is 486 g/mol. The van der Waals surface area contributed by atoms with Crippen LogP contribution in [0.1, 0.15) is 48.7 Å². The van der Waals surface area contributed by atoms with Crippen molar-refractivity contribution < 1.29 is 22.7 Å². The quantitative estimate of drug-likeness (QED) is 0.512. The number of esters is 1. The van der Waals surface area contributed by atoms with Crippen molar-refractivity contribution in [2.24, 2.45) is 5.92 Å². The molecule has 2 heterocycles. The standard InChI is InChI=1S/C24H27N3O6S/c1-16-7-3-4-8-19(16)26-34(30,31)21-13-17(10-11-20(21)32-2)24(29)33-15-18-14-23(28)27-12-6-5-9-22(27)25-18/h5-6,9-14,16,19,26H,3-4,7-8,15H2,1-2H3/t16-,19+/m1/s1. The van der Waals surface area contributed by atoms with E-state index in [1.165, 1.54) is 35.8 Å². The minimum atomic E-state index is -3.93. The number of carbonyl (C=O) groups excluding carboxylic acids is 1. The number of carbonyl (C=O) groups is 1. The molecule has 4 rings (SSSR count). The number of aromatic nitrogens is 2. The van der Waals surface area contributed by atoms with E-state index in [1.807, 2.05) is 6.92 Å². The highest BCUT2D eigenvalue weighted by atomic mass is 32.2. The number of sulfonamides is 1. The van der Waals surface area contributed by atoms with Crippen LogP contribution in [0.5, 0.6) is 5.75 Å². The van der Waals surface area contributed by atoms with Gasteiger partial charge in [-0.25, -0.2) is 22.9 Å². The number of rotatable bonds is 7. The number of hydrogen-bond donors (Lipinski definition) is 1. The Morgan fingerprint density at radius 2 is 1.97 bits per heavy atom. The number of nitrogens with one attached hydrogen (secondary N) is 1. The van der Waals surface area contributed by atoms with Crippen LogP contribution in [0.3, 0.4) is 0 Å². The average Bonchev–Trinajstić information content (AvgIpc) is 2.83. The molecule has 1 aliphatic rings. The molecule has 0 bridgehead atoms. The molecule has 10 heteroatoms. The van der Waals surface area contributed by atoms with Gasteiger partial charge >= 0.3 is 5.97 Å². The van der Waals surface area contributed by atoms with Crippen molar-refractivity contribution in [3.05, 3.63) is 70.3 Å². The molecule has 2 atom stereocenters. The lowest BCUT2D eigenvalue weighted by molar-refractivity contribution is 0.0467. The van der Waals surface area contributed by atoms with Gasteiger partial charge in [-0.2, -0.15) is 0 Å². The summed E-state index contributed by atoms with van der Waals surface area (Å²) in [6.07, 6.45) is 5.38. The molecule has 0 saturated heterocycles. The molecule has 1 fully saturated rings. The van der Waals surface area contributed by atoms with E-state index in [2.05, 4.69) is 9.71 Å². The van der Waals surface area contributed by atoms with Crippen LogP contribution in [-0.4, -0.2) is 36.9 Å². The zero-order valence-corrected chi connectivity index (χ0v) is 19.9. The Morgan fingerprint density at radius 1 is 1.18 bits per heavy atom. The monoisotopic (exact) mass is 485 g/mol. The van der Waals surface area contributed by atoms with E-state index < -0.39 is 16.0 Å². The molecule has 0 unspecified atom stereocenters. The molecule has 0 aliphatic heterocycles. The predicted octanol–water partition coefficient (Wildman–Crippen LogP) is 2.92. The van der Waals surface area contributed by atoms with Crippen LogP contribution in [0.15, 0.2) is 58.4 Å². The van der Waals surface area contributed by atoms with E-state index in [0.717, 1.165) is 25.7 Å². The minimum absolute atomic E-state index is 0.0513. The zero-order chi connectivity index (χ0) is 24.3. The van der Waals surface area contributed by atoms with Gasteiger partial charge in [0.05, 0.1) is 18.4 Å². The van der Waals surface area contributed by atoms with Crippen LogP contribution in [0.2, 0.25) is 0 Å². The van der Waals surface area contributed by atoms with Crippen molar-refractivity contribution in [1.82, 2.24) is 14.1 Å². The second-order valence-corrected chi connectivity index (χ2v) is 10.1. The molecule has 9 nitrogen and oxygen atoms in total. The Hall–Kier alpha value is -3.24. The number of ether oxygens (including phenoxy) is 2. The van der Waals surface area contributed by atoms with E-state index in [1.54, 1.807) is 24.4 Å². The number of pyridine rings is 1. The van der Waals surface area contributed by atoms with Gasteiger partial charge in [-0.1, -0.05) is 25.8 Å².